The zero-order valence-electron chi connectivity index (χ0n) is 22.7. The number of hydrogen-bond donors (Lipinski definition) is 0. The molecule has 0 radical (unpaired) electrons. The van der Waals surface area contributed by atoms with Gasteiger partial charge in [-0.05, 0) is 91.7 Å². The van der Waals surface area contributed by atoms with Crippen LogP contribution in [0.4, 0.5) is 0 Å². The van der Waals surface area contributed by atoms with Gasteiger partial charge in [-0.1, -0.05) is 47.6 Å². The first kappa shape index (κ1) is 32.0. The van der Waals surface area contributed by atoms with E-state index in [1.807, 2.05) is 0 Å². The van der Waals surface area contributed by atoms with Gasteiger partial charge in [-0.2, -0.15) is 0 Å². The van der Waals surface area contributed by atoms with Crippen molar-refractivity contribution >= 4 is 21.3 Å². The molecule has 0 saturated carbocycles. The summed E-state index contributed by atoms with van der Waals surface area (Å²) in [5.74, 6) is 0. The number of aryl methyl sites for hydroxylation is 1. The summed E-state index contributed by atoms with van der Waals surface area (Å²) < 4.78 is 49.5. The fourth-order valence-corrected chi connectivity index (χ4v) is 9.30. The van der Waals surface area contributed by atoms with Crippen LogP contribution in [0.3, 0.4) is 0 Å². The van der Waals surface area contributed by atoms with Gasteiger partial charge in [-0.15, -0.1) is 0 Å². The van der Waals surface area contributed by atoms with Crippen LogP contribution in [0.5, 0.6) is 0 Å². The molecule has 35 heavy (non-hydrogen) atoms. The van der Waals surface area contributed by atoms with E-state index in [4.69, 9.17) is 18.1 Å². The molecule has 1 aromatic carbocycles. The molecule has 0 atom stereocenters. The van der Waals surface area contributed by atoms with Crippen LogP contribution >= 0.6 is 15.2 Å². The van der Waals surface area contributed by atoms with Gasteiger partial charge in [0.2, 0.25) is 0 Å². The average molecular weight is 529 g/mol. The topological polar surface area (TPSA) is 71.1 Å². The maximum atomic E-state index is 13.6. The Morgan fingerprint density at radius 3 is 1.74 bits per heavy atom. The smallest absolute Gasteiger partial charge is 0.308 e. The molecule has 6 nitrogen and oxygen atoms in total. The van der Waals surface area contributed by atoms with Gasteiger partial charge in [0, 0.05) is 0 Å². The molecule has 200 valence electrons. The Kier molecular flexibility index (Phi) is 15.3. The largest absolute Gasteiger partial charge is 0.345 e. The highest BCUT2D eigenvalue weighted by Gasteiger charge is 2.50. The Hall–Kier alpha value is -1.00. The minimum absolute atomic E-state index is 0.189. The molecule has 0 aliphatic carbocycles. The van der Waals surface area contributed by atoms with Gasteiger partial charge >= 0.3 is 15.2 Å². The quantitative estimate of drug-likeness (QED) is 0.140. The number of rotatable bonds is 18. The SMILES string of the molecule is CCOP(=O)(OCC)C(CCCc1ccc(/C=C(\C)CCC=C(C)C)cc1)P(=O)(OCC)OCC. The normalized spacial score (nSPS) is 12.9. The molecule has 0 spiro atoms. The lowest BCUT2D eigenvalue weighted by Gasteiger charge is -2.31. The summed E-state index contributed by atoms with van der Waals surface area (Å²) in [6.45, 7) is 14.1. The third-order valence-corrected chi connectivity index (χ3v) is 11.5. The van der Waals surface area contributed by atoms with Gasteiger partial charge in [0.25, 0.3) is 0 Å². The van der Waals surface area contributed by atoms with E-state index in [9.17, 15) is 9.13 Å². The number of hydrogen-bond acceptors (Lipinski definition) is 6. The second-order valence-electron chi connectivity index (χ2n) is 8.68. The van der Waals surface area contributed by atoms with Crippen LogP contribution in [-0.4, -0.2) is 31.8 Å². The van der Waals surface area contributed by atoms with E-state index in [0.29, 0.717) is 12.8 Å². The first-order chi connectivity index (χ1) is 16.6. The van der Waals surface area contributed by atoms with Crippen LogP contribution in [0.1, 0.15) is 85.3 Å². The molecule has 0 N–H and O–H groups in total. The Balaban J connectivity index is 2.94. The monoisotopic (exact) mass is 528 g/mol. The van der Waals surface area contributed by atoms with Crippen molar-refractivity contribution < 1.29 is 27.2 Å². The molecule has 0 aliphatic rings. The summed E-state index contributed by atoms with van der Waals surface area (Å²) in [7, 11) is -7.39. The lowest BCUT2D eigenvalue weighted by molar-refractivity contribution is 0.193. The molecule has 0 unspecified atom stereocenters. The summed E-state index contributed by atoms with van der Waals surface area (Å²) in [5, 5.41) is -0.958. The molecule has 0 aliphatic heterocycles. The third kappa shape index (κ3) is 11.3. The van der Waals surface area contributed by atoms with Crippen LogP contribution in [0.2, 0.25) is 0 Å². The average Bonchev–Trinajstić information content (AvgIpc) is 2.78. The third-order valence-electron chi connectivity index (χ3n) is 5.38. The fourth-order valence-electron chi connectivity index (χ4n) is 3.84. The van der Waals surface area contributed by atoms with Crippen molar-refractivity contribution in [3.63, 3.8) is 0 Å². The van der Waals surface area contributed by atoms with E-state index in [1.165, 1.54) is 16.7 Å². The molecule has 0 fully saturated rings. The van der Waals surface area contributed by atoms with E-state index in [0.717, 1.165) is 24.8 Å². The van der Waals surface area contributed by atoms with Gasteiger partial charge in [-0.25, -0.2) is 0 Å². The molecule has 0 saturated heterocycles. The van der Waals surface area contributed by atoms with Gasteiger partial charge in [0.05, 0.1) is 26.4 Å². The standard InChI is InChI=1S/C27H46O6P2/c1-8-30-34(28,31-9-2)27(35(29,32-10-3)33-11-4)17-13-16-25-18-20-26(21-19-25)22-24(7)15-12-14-23(5)6/h14,18-22,27H,8-13,15-17H2,1-7H3/b24-22+. The zero-order valence-corrected chi connectivity index (χ0v) is 24.5. The molecule has 1 rings (SSSR count). The van der Waals surface area contributed by atoms with Gasteiger partial charge in [0.15, 0.2) is 5.40 Å². The maximum absolute atomic E-state index is 13.6. The van der Waals surface area contributed by atoms with Gasteiger partial charge in [0.1, 0.15) is 0 Å². The second kappa shape index (κ2) is 16.7. The van der Waals surface area contributed by atoms with Crippen molar-refractivity contribution in [1.29, 1.82) is 0 Å². The molecular formula is C27H46O6P2. The van der Waals surface area contributed by atoms with Crippen molar-refractivity contribution in [3.05, 3.63) is 52.6 Å². The highest BCUT2D eigenvalue weighted by atomic mass is 31.2. The lowest BCUT2D eigenvalue weighted by atomic mass is 10.0. The summed E-state index contributed by atoms with van der Waals surface area (Å²) in [6, 6.07) is 8.46. The van der Waals surface area contributed by atoms with Crippen LogP contribution in [0, 0.1) is 0 Å². The summed E-state index contributed by atoms with van der Waals surface area (Å²) >= 11 is 0. The molecule has 0 amide bonds. The Morgan fingerprint density at radius 1 is 0.829 bits per heavy atom. The van der Waals surface area contributed by atoms with Crippen molar-refractivity contribution in [2.45, 2.75) is 86.0 Å². The Labute approximate surface area is 213 Å². The summed E-state index contributed by atoms with van der Waals surface area (Å²) in [5.41, 5.74) is 5.04. The predicted octanol–water partition coefficient (Wildman–Crippen LogP) is 9.02. The van der Waals surface area contributed by atoms with E-state index in [1.54, 1.807) is 27.7 Å². The van der Waals surface area contributed by atoms with Crippen molar-refractivity contribution in [2.24, 2.45) is 0 Å². The number of benzene rings is 1. The van der Waals surface area contributed by atoms with Crippen LogP contribution < -0.4 is 0 Å². The Bertz CT molecular complexity index is 837. The van der Waals surface area contributed by atoms with Crippen LogP contribution in [0.15, 0.2) is 41.5 Å². The molecule has 8 heteroatoms. The van der Waals surface area contributed by atoms with Gasteiger partial charge < -0.3 is 18.1 Å². The molecule has 0 heterocycles. The van der Waals surface area contributed by atoms with Crippen LogP contribution in [0.25, 0.3) is 6.08 Å². The highest BCUT2D eigenvalue weighted by Crippen LogP contribution is 2.71. The zero-order chi connectivity index (χ0) is 26.3. The minimum atomic E-state index is -3.70. The number of allylic oxidation sites excluding steroid dienone is 3. The van der Waals surface area contributed by atoms with Gasteiger partial charge in [-0.3, -0.25) is 9.13 Å². The van der Waals surface area contributed by atoms with E-state index in [-0.39, 0.29) is 26.4 Å². The first-order valence-corrected chi connectivity index (χ1v) is 16.0. The van der Waals surface area contributed by atoms with E-state index >= 15 is 0 Å². The van der Waals surface area contributed by atoms with E-state index < -0.39 is 20.6 Å². The fraction of sp³-hybridized carbons (Fsp3) is 0.630. The lowest BCUT2D eigenvalue weighted by Crippen LogP contribution is -2.18. The predicted molar refractivity (Wildman–Crippen MR) is 147 cm³/mol. The first-order valence-electron chi connectivity index (χ1n) is 12.8. The van der Waals surface area contributed by atoms with Crippen molar-refractivity contribution in [2.75, 3.05) is 26.4 Å². The molecule has 0 bridgehead atoms. The summed E-state index contributed by atoms with van der Waals surface area (Å²) in [4.78, 5) is 0. The summed E-state index contributed by atoms with van der Waals surface area (Å²) in [6.07, 6.45) is 8.34. The van der Waals surface area contributed by atoms with E-state index in [2.05, 4.69) is 57.2 Å². The highest BCUT2D eigenvalue weighted by molar-refractivity contribution is 7.72. The molecular weight excluding hydrogens is 482 g/mol. The molecule has 1 aromatic rings. The van der Waals surface area contributed by atoms with Crippen molar-refractivity contribution in [3.8, 4) is 0 Å². The Morgan fingerprint density at radius 2 is 1.31 bits per heavy atom. The second-order valence-corrected chi connectivity index (χ2v) is 13.5. The minimum Gasteiger partial charge on any atom is -0.308 e. The van der Waals surface area contributed by atoms with Crippen LogP contribution in [-0.2, 0) is 33.6 Å². The maximum Gasteiger partial charge on any atom is 0.345 e. The van der Waals surface area contributed by atoms with Crippen molar-refractivity contribution in [1.82, 2.24) is 0 Å². The molecule has 0 aromatic heterocycles.